The number of benzene rings is 2. The monoisotopic (exact) mass is 437 g/mol. The summed E-state index contributed by atoms with van der Waals surface area (Å²) in [5.41, 5.74) is 0.669. The van der Waals surface area contributed by atoms with E-state index in [1.54, 1.807) is 53.5 Å². The Labute approximate surface area is 176 Å². The van der Waals surface area contributed by atoms with Crippen LogP contribution in [0, 0.1) is 10.1 Å². The van der Waals surface area contributed by atoms with Crippen LogP contribution in [0.3, 0.4) is 0 Å². The number of nitrogens with zero attached hydrogens (tertiary/aromatic N) is 5. The first kappa shape index (κ1) is 20.0. The van der Waals surface area contributed by atoms with Crippen LogP contribution in [0.2, 0.25) is 0 Å². The van der Waals surface area contributed by atoms with E-state index in [1.807, 2.05) is 0 Å². The van der Waals surface area contributed by atoms with E-state index < -0.39 is 14.9 Å². The van der Waals surface area contributed by atoms with Crippen LogP contribution in [0.1, 0.15) is 0 Å². The maximum Gasteiger partial charge on any atom is 0.270 e. The van der Waals surface area contributed by atoms with Gasteiger partial charge in [-0.2, -0.15) is 5.10 Å². The zero-order valence-corrected chi connectivity index (χ0v) is 16.6. The number of aromatic nitrogens is 4. The van der Waals surface area contributed by atoms with Crippen molar-refractivity contribution in [3.63, 3.8) is 0 Å². The molecular formula is C19H15N7O4S. The number of anilines is 3. The molecule has 0 amide bonds. The van der Waals surface area contributed by atoms with Crippen LogP contribution < -0.4 is 10.0 Å². The maximum atomic E-state index is 12.5. The number of rotatable bonds is 7. The lowest BCUT2D eigenvalue weighted by atomic mass is 10.3. The SMILES string of the molecule is O=[N+]([O-])c1cccc(S(=O)(=O)Nc2ccc(Nc3cc(-n4cccn4)ncn3)cc2)c1. The molecule has 12 heteroatoms. The lowest BCUT2D eigenvalue weighted by molar-refractivity contribution is -0.385. The van der Waals surface area contributed by atoms with Crippen molar-refractivity contribution in [1.29, 1.82) is 0 Å². The largest absolute Gasteiger partial charge is 0.340 e. The minimum atomic E-state index is -3.98. The average molecular weight is 437 g/mol. The molecule has 31 heavy (non-hydrogen) atoms. The first-order valence-corrected chi connectivity index (χ1v) is 10.4. The molecule has 0 aliphatic carbocycles. The normalized spacial score (nSPS) is 11.1. The van der Waals surface area contributed by atoms with Gasteiger partial charge in [0.05, 0.1) is 9.82 Å². The minimum Gasteiger partial charge on any atom is -0.340 e. The van der Waals surface area contributed by atoms with Crippen LogP contribution in [-0.2, 0) is 10.0 Å². The standard InChI is InChI=1S/C19H15N7O4S/c27-26(28)16-3-1-4-17(11-16)31(29,30)24-15-7-5-14(6-8-15)23-18-12-19(21-13-20-18)25-10-2-9-22-25/h1-13,24H,(H,20,21,23). The molecule has 2 aromatic carbocycles. The summed E-state index contributed by atoms with van der Waals surface area (Å²) in [4.78, 5) is 18.3. The van der Waals surface area contributed by atoms with Crippen molar-refractivity contribution >= 4 is 32.9 Å². The molecule has 2 N–H and O–H groups in total. The van der Waals surface area contributed by atoms with E-state index in [2.05, 4.69) is 25.1 Å². The molecule has 11 nitrogen and oxygen atoms in total. The van der Waals surface area contributed by atoms with Gasteiger partial charge in [-0.05, 0) is 36.4 Å². The summed E-state index contributed by atoms with van der Waals surface area (Å²) in [7, 11) is -3.98. The van der Waals surface area contributed by atoms with Gasteiger partial charge in [-0.25, -0.2) is 23.1 Å². The Hall–Kier alpha value is -4.32. The summed E-state index contributed by atoms with van der Waals surface area (Å²) < 4.78 is 29.1. The number of nitro groups is 1. The van der Waals surface area contributed by atoms with Crippen LogP contribution in [-0.4, -0.2) is 33.1 Å². The quantitative estimate of drug-likeness (QED) is 0.331. The van der Waals surface area contributed by atoms with Gasteiger partial charge in [0.1, 0.15) is 12.1 Å². The van der Waals surface area contributed by atoms with Gasteiger partial charge in [0.15, 0.2) is 5.82 Å². The van der Waals surface area contributed by atoms with E-state index in [0.29, 0.717) is 23.0 Å². The van der Waals surface area contributed by atoms with Crippen LogP contribution in [0.4, 0.5) is 22.9 Å². The van der Waals surface area contributed by atoms with Gasteiger partial charge in [0, 0.05) is 42.0 Å². The van der Waals surface area contributed by atoms with Crippen molar-refractivity contribution in [2.75, 3.05) is 10.0 Å². The van der Waals surface area contributed by atoms with Crippen molar-refractivity contribution in [3.8, 4) is 5.82 Å². The van der Waals surface area contributed by atoms with Crippen molar-refractivity contribution in [3.05, 3.63) is 89.5 Å². The Morgan fingerprint density at radius 1 is 0.968 bits per heavy atom. The third-order valence-electron chi connectivity index (χ3n) is 4.14. The fourth-order valence-electron chi connectivity index (χ4n) is 2.69. The topological polar surface area (TPSA) is 145 Å². The van der Waals surface area contributed by atoms with Gasteiger partial charge in [-0.3, -0.25) is 14.8 Å². The average Bonchev–Trinajstić information content (AvgIpc) is 3.30. The molecule has 0 bridgehead atoms. The van der Waals surface area contributed by atoms with Gasteiger partial charge in [0.25, 0.3) is 15.7 Å². The van der Waals surface area contributed by atoms with Crippen molar-refractivity contribution in [2.24, 2.45) is 0 Å². The highest BCUT2D eigenvalue weighted by atomic mass is 32.2. The Morgan fingerprint density at radius 2 is 1.74 bits per heavy atom. The zero-order chi connectivity index (χ0) is 21.8. The smallest absolute Gasteiger partial charge is 0.270 e. The summed E-state index contributed by atoms with van der Waals surface area (Å²) in [6, 6.07) is 14.8. The van der Waals surface area contributed by atoms with E-state index in [1.165, 1.54) is 24.5 Å². The molecule has 0 unspecified atom stereocenters. The molecule has 156 valence electrons. The lowest BCUT2D eigenvalue weighted by Gasteiger charge is -2.10. The molecule has 0 saturated carbocycles. The highest BCUT2D eigenvalue weighted by molar-refractivity contribution is 7.92. The van der Waals surface area contributed by atoms with E-state index in [-0.39, 0.29) is 10.6 Å². The zero-order valence-electron chi connectivity index (χ0n) is 15.8. The molecule has 0 spiro atoms. The van der Waals surface area contributed by atoms with Crippen molar-refractivity contribution < 1.29 is 13.3 Å². The van der Waals surface area contributed by atoms with E-state index in [9.17, 15) is 18.5 Å². The molecule has 4 aromatic rings. The second-order valence-electron chi connectivity index (χ2n) is 6.27. The van der Waals surface area contributed by atoms with Gasteiger partial charge in [-0.15, -0.1) is 0 Å². The van der Waals surface area contributed by atoms with E-state index >= 15 is 0 Å². The summed E-state index contributed by atoms with van der Waals surface area (Å²) in [6.45, 7) is 0. The predicted molar refractivity (Wildman–Crippen MR) is 113 cm³/mol. The number of sulfonamides is 1. The molecule has 0 aliphatic rings. The molecule has 0 saturated heterocycles. The summed E-state index contributed by atoms with van der Waals surface area (Å²) in [6.07, 6.45) is 4.80. The number of nitro benzene ring substituents is 1. The van der Waals surface area contributed by atoms with Gasteiger partial charge < -0.3 is 5.32 Å². The van der Waals surface area contributed by atoms with Gasteiger partial charge >= 0.3 is 0 Å². The second-order valence-corrected chi connectivity index (χ2v) is 7.96. The fourth-order valence-corrected chi connectivity index (χ4v) is 3.79. The van der Waals surface area contributed by atoms with Crippen LogP contribution in [0.25, 0.3) is 5.82 Å². The molecule has 4 rings (SSSR count). The van der Waals surface area contributed by atoms with Crippen LogP contribution in [0.5, 0.6) is 0 Å². The Balaban J connectivity index is 1.48. The summed E-state index contributed by atoms with van der Waals surface area (Å²) in [5.74, 6) is 1.12. The summed E-state index contributed by atoms with van der Waals surface area (Å²) >= 11 is 0. The lowest BCUT2D eigenvalue weighted by Crippen LogP contribution is -2.13. The third-order valence-corrected chi connectivity index (χ3v) is 5.52. The van der Waals surface area contributed by atoms with Gasteiger partial charge in [-0.1, -0.05) is 6.07 Å². The molecule has 0 radical (unpaired) electrons. The fraction of sp³-hybridized carbons (Fsp3) is 0. The molecular weight excluding hydrogens is 422 g/mol. The highest BCUT2D eigenvalue weighted by Gasteiger charge is 2.17. The molecule has 0 fully saturated rings. The molecule has 0 aliphatic heterocycles. The Bertz CT molecular complexity index is 1320. The third kappa shape index (κ3) is 4.64. The predicted octanol–water partition coefficient (Wildman–Crippen LogP) is 3.11. The number of hydrogen-bond acceptors (Lipinski definition) is 8. The van der Waals surface area contributed by atoms with E-state index in [0.717, 1.165) is 6.07 Å². The highest BCUT2D eigenvalue weighted by Crippen LogP contribution is 2.23. The van der Waals surface area contributed by atoms with Crippen molar-refractivity contribution in [2.45, 2.75) is 4.90 Å². The first-order chi connectivity index (χ1) is 14.9. The van der Waals surface area contributed by atoms with Crippen LogP contribution in [0.15, 0.2) is 84.3 Å². The van der Waals surface area contributed by atoms with Crippen molar-refractivity contribution in [1.82, 2.24) is 19.7 Å². The van der Waals surface area contributed by atoms with E-state index in [4.69, 9.17) is 0 Å². The maximum absolute atomic E-state index is 12.5. The number of non-ortho nitro benzene ring substituents is 1. The Morgan fingerprint density at radius 3 is 2.45 bits per heavy atom. The Kier molecular flexibility index (Phi) is 5.28. The number of hydrogen-bond donors (Lipinski definition) is 2. The molecule has 2 heterocycles. The first-order valence-electron chi connectivity index (χ1n) is 8.87. The summed E-state index contributed by atoms with van der Waals surface area (Å²) in [5, 5.41) is 18.1. The minimum absolute atomic E-state index is 0.198. The van der Waals surface area contributed by atoms with Crippen LogP contribution >= 0.6 is 0 Å². The van der Waals surface area contributed by atoms with Gasteiger partial charge in [0.2, 0.25) is 0 Å². The molecule has 2 aromatic heterocycles. The second kappa shape index (κ2) is 8.20. The number of nitrogens with one attached hydrogen (secondary N) is 2. The molecule has 0 atom stereocenters.